The summed E-state index contributed by atoms with van der Waals surface area (Å²) in [5, 5.41) is 8.64. The van der Waals surface area contributed by atoms with E-state index in [1.807, 2.05) is 0 Å². The van der Waals surface area contributed by atoms with Gasteiger partial charge in [-0.15, -0.1) is 0 Å². The predicted molar refractivity (Wildman–Crippen MR) is 66.0 cm³/mol. The molecule has 1 aliphatic rings. The lowest BCUT2D eigenvalue weighted by molar-refractivity contribution is -0.142. The number of aliphatic carboxylic acids is 1. The first-order valence-electron chi connectivity index (χ1n) is 6.30. The van der Waals surface area contributed by atoms with Crippen molar-refractivity contribution in [3.63, 3.8) is 0 Å². The zero-order chi connectivity index (χ0) is 13.5. The number of hydrogen-bond donors (Lipinski definition) is 2. The third-order valence-electron chi connectivity index (χ3n) is 3.35. The number of carboxylic acids is 1. The minimum Gasteiger partial charge on any atom is -0.480 e. The number of amides is 1. The third kappa shape index (κ3) is 5.01. The molecule has 0 saturated carbocycles. The standard InChI is InChI=1S/C12H22N2O4/c1-14(11(15)8-10(13)12(16)17)5-2-9-3-6-18-7-4-9/h9-10H,2-8,13H2,1H3,(H,16,17). The predicted octanol–water partition coefficient (Wildman–Crippen LogP) is 0.0635. The van der Waals surface area contributed by atoms with E-state index in [9.17, 15) is 9.59 Å². The van der Waals surface area contributed by atoms with E-state index in [4.69, 9.17) is 15.6 Å². The molecular weight excluding hydrogens is 236 g/mol. The van der Waals surface area contributed by atoms with Crippen LogP contribution in [0.15, 0.2) is 0 Å². The highest BCUT2D eigenvalue weighted by Gasteiger charge is 2.20. The molecule has 0 bridgehead atoms. The van der Waals surface area contributed by atoms with Crippen LogP contribution in [-0.2, 0) is 14.3 Å². The number of hydrogen-bond acceptors (Lipinski definition) is 4. The summed E-state index contributed by atoms with van der Waals surface area (Å²) < 4.78 is 5.27. The molecule has 0 radical (unpaired) electrons. The summed E-state index contributed by atoms with van der Waals surface area (Å²) in [7, 11) is 1.69. The van der Waals surface area contributed by atoms with Crippen molar-refractivity contribution in [1.82, 2.24) is 4.90 Å². The molecular formula is C12H22N2O4. The van der Waals surface area contributed by atoms with Crippen LogP contribution < -0.4 is 5.73 Å². The van der Waals surface area contributed by atoms with Gasteiger partial charge in [-0.05, 0) is 25.2 Å². The van der Waals surface area contributed by atoms with Crippen LogP contribution in [0.2, 0.25) is 0 Å². The van der Waals surface area contributed by atoms with E-state index in [2.05, 4.69) is 0 Å². The number of ether oxygens (including phenoxy) is 1. The molecule has 1 heterocycles. The van der Waals surface area contributed by atoms with Crippen LogP contribution in [0.4, 0.5) is 0 Å². The molecule has 1 unspecified atom stereocenters. The van der Waals surface area contributed by atoms with Gasteiger partial charge in [-0.1, -0.05) is 0 Å². The molecule has 1 rings (SSSR count). The summed E-state index contributed by atoms with van der Waals surface area (Å²) in [4.78, 5) is 23.8. The number of nitrogens with two attached hydrogens (primary N) is 1. The Morgan fingerprint density at radius 3 is 2.61 bits per heavy atom. The van der Waals surface area contributed by atoms with Crippen molar-refractivity contribution in [3.8, 4) is 0 Å². The molecule has 0 aliphatic carbocycles. The zero-order valence-electron chi connectivity index (χ0n) is 10.8. The van der Waals surface area contributed by atoms with E-state index in [0.717, 1.165) is 32.5 Å². The molecule has 6 nitrogen and oxygen atoms in total. The van der Waals surface area contributed by atoms with Crippen molar-refractivity contribution in [2.75, 3.05) is 26.8 Å². The Labute approximate surface area is 107 Å². The molecule has 0 spiro atoms. The van der Waals surface area contributed by atoms with Crippen molar-refractivity contribution in [2.45, 2.75) is 31.7 Å². The quantitative estimate of drug-likeness (QED) is 0.703. The van der Waals surface area contributed by atoms with Gasteiger partial charge in [-0.3, -0.25) is 9.59 Å². The van der Waals surface area contributed by atoms with E-state index < -0.39 is 12.0 Å². The summed E-state index contributed by atoms with van der Waals surface area (Å²) in [5.74, 6) is -0.750. The van der Waals surface area contributed by atoms with Crippen LogP contribution in [0.25, 0.3) is 0 Å². The molecule has 1 amide bonds. The molecule has 104 valence electrons. The number of nitrogens with zero attached hydrogens (tertiary/aromatic N) is 1. The fraction of sp³-hybridized carbons (Fsp3) is 0.833. The van der Waals surface area contributed by atoms with Crippen molar-refractivity contribution in [3.05, 3.63) is 0 Å². The summed E-state index contributed by atoms with van der Waals surface area (Å²) in [6.07, 6.45) is 2.88. The molecule has 6 heteroatoms. The maximum absolute atomic E-state index is 11.7. The van der Waals surface area contributed by atoms with Crippen molar-refractivity contribution in [1.29, 1.82) is 0 Å². The topological polar surface area (TPSA) is 92.9 Å². The average molecular weight is 258 g/mol. The lowest BCUT2D eigenvalue weighted by Crippen LogP contribution is -2.38. The molecule has 18 heavy (non-hydrogen) atoms. The summed E-state index contributed by atoms with van der Waals surface area (Å²) in [6.45, 7) is 2.24. The first-order valence-corrected chi connectivity index (χ1v) is 6.30. The highest BCUT2D eigenvalue weighted by molar-refractivity contribution is 5.84. The second kappa shape index (κ2) is 7.33. The van der Waals surface area contributed by atoms with Gasteiger partial charge < -0.3 is 20.5 Å². The highest BCUT2D eigenvalue weighted by Crippen LogP contribution is 2.18. The lowest BCUT2D eigenvalue weighted by atomic mass is 9.96. The van der Waals surface area contributed by atoms with E-state index >= 15 is 0 Å². The lowest BCUT2D eigenvalue weighted by Gasteiger charge is -2.25. The largest absolute Gasteiger partial charge is 0.480 e. The van der Waals surface area contributed by atoms with Gasteiger partial charge in [0.25, 0.3) is 0 Å². The first kappa shape index (κ1) is 14.9. The molecule has 1 aliphatic heterocycles. The normalized spacial score (nSPS) is 18.3. The Morgan fingerprint density at radius 2 is 2.06 bits per heavy atom. The van der Waals surface area contributed by atoms with Crippen LogP contribution in [0, 0.1) is 5.92 Å². The number of rotatable bonds is 6. The van der Waals surface area contributed by atoms with Gasteiger partial charge >= 0.3 is 5.97 Å². The fourth-order valence-electron chi connectivity index (χ4n) is 1.97. The Kier molecular flexibility index (Phi) is 6.07. The Hall–Kier alpha value is -1.14. The van der Waals surface area contributed by atoms with Crippen LogP contribution in [0.1, 0.15) is 25.7 Å². The average Bonchev–Trinajstić information content (AvgIpc) is 2.36. The van der Waals surface area contributed by atoms with Crippen LogP contribution in [0.5, 0.6) is 0 Å². The van der Waals surface area contributed by atoms with Crippen LogP contribution in [-0.4, -0.2) is 54.7 Å². The van der Waals surface area contributed by atoms with Crippen molar-refractivity contribution >= 4 is 11.9 Å². The maximum Gasteiger partial charge on any atom is 0.321 e. The van der Waals surface area contributed by atoms with Crippen molar-refractivity contribution in [2.24, 2.45) is 11.7 Å². The maximum atomic E-state index is 11.7. The molecule has 0 aromatic rings. The molecule has 1 atom stereocenters. The van der Waals surface area contributed by atoms with E-state index in [1.165, 1.54) is 0 Å². The summed E-state index contributed by atoms with van der Waals surface area (Å²) in [5.41, 5.74) is 5.33. The first-order chi connectivity index (χ1) is 8.50. The summed E-state index contributed by atoms with van der Waals surface area (Å²) in [6, 6.07) is -1.11. The molecule has 1 fully saturated rings. The van der Waals surface area contributed by atoms with Crippen LogP contribution >= 0.6 is 0 Å². The highest BCUT2D eigenvalue weighted by atomic mass is 16.5. The minimum absolute atomic E-state index is 0.139. The number of carbonyl (C=O) groups is 2. The van der Waals surface area contributed by atoms with E-state index in [0.29, 0.717) is 12.5 Å². The van der Waals surface area contributed by atoms with Gasteiger partial charge in [-0.25, -0.2) is 0 Å². The second-order valence-corrected chi connectivity index (χ2v) is 4.81. The molecule has 3 N–H and O–H groups in total. The van der Waals surface area contributed by atoms with Crippen molar-refractivity contribution < 1.29 is 19.4 Å². The van der Waals surface area contributed by atoms with Gasteiger partial charge in [-0.2, -0.15) is 0 Å². The van der Waals surface area contributed by atoms with E-state index in [-0.39, 0.29) is 12.3 Å². The number of carbonyl (C=O) groups excluding carboxylic acids is 1. The smallest absolute Gasteiger partial charge is 0.321 e. The van der Waals surface area contributed by atoms with Crippen LogP contribution in [0.3, 0.4) is 0 Å². The summed E-state index contributed by atoms with van der Waals surface area (Å²) >= 11 is 0. The Morgan fingerprint density at radius 1 is 1.44 bits per heavy atom. The Balaban J connectivity index is 2.24. The van der Waals surface area contributed by atoms with Gasteiger partial charge in [0.2, 0.25) is 5.91 Å². The van der Waals surface area contributed by atoms with Gasteiger partial charge in [0.15, 0.2) is 0 Å². The van der Waals surface area contributed by atoms with Gasteiger partial charge in [0.05, 0.1) is 6.42 Å². The third-order valence-corrected chi connectivity index (χ3v) is 3.35. The van der Waals surface area contributed by atoms with Gasteiger partial charge in [0.1, 0.15) is 6.04 Å². The minimum atomic E-state index is -1.14. The monoisotopic (exact) mass is 258 g/mol. The molecule has 0 aromatic carbocycles. The van der Waals surface area contributed by atoms with Gasteiger partial charge in [0, 0.05) is 26.8 Å². The fourth-order valence-corrected chi connectivity index (χ4v) is 1.97. The second-order valence-electron chi connectivity index (χ2n) is 4.81. The van der Waals surface area contributed by atoms with E-state index in [1.54, 1.807) is 11.9 Å². The zero-order valence-corrected chi connectivity index (χ0v) is 10.8. The SMILES string of the molecule is CN(CCC1CCOCC1)C(=O)CC(N)C(=O)O. The molecule has 1 saturated heterocycles. The number of carboxylic acid groups (broad SMARTS) is 1. The Bertz CT molecular complexity index is 290. The molecule has 0 aromatic heterocycles.